The quantitative estimate of drug-likeness (QED) is 0.0966. The van der Waals surface area contributed by atoms with Crippen LogP contribution in [0.15, 0.2) is 465 Å². The molecule has 0 bridgehead atoms. The average molecular weight is 1540 g/mol. The van der Waals surface area contributed by atoms with Gasteiger partial charge in [-0.05, 0) is 238 Å². The SMILES string of the molecule is c1cc(-c2ccc(N(c3ccc(-c4cccc(-c5ccc(-c6ccc(-c7ccc(N(c8ccc(-c9cccc%10c9oc9ccccc9%10)cc8)c8cccc(-n9c%10ccccc%10c%10ccccc%109)c8)cc7)cc6)c6ccccc56)c4)cc3)c3ccc(-c4cccc(-n5c6ccccc6c6ccccc65)c4)cc3)cc2)cc(-c2cccc3ccccc23)c1. The van der Waals surface area contributed by atoms with Gasteiger partial charge in [0.1, 0.15) is 11.2 Å². The average Bonchev–Trinajstić information content (AvgIpc) is 1.60. The minimum atomic E-state index is 0.891. The van der Waals surface area contributed by atoms with E-state index in [2.05, 4.69) is 468 Å². The van der Waals surface area contributed by atoms with E-state index in [4.69, 9.17) is 4.42 Å². The lowest BCUT2D eigenvalue weighted by molar-refractivity contribution is 0.670. The predicted octanol–water partition coefficient (Wildman–Crippen LogP) is 32.4. The van der Waals surface area contributed by atoms with E-state index >= 15 is 0 Å². The molecule has 566 valence electrons. The minimum absolute atomic E-state index is 0.891. The molecule has 0 aliphatic rings. The van der Waals surface area contributed by atoms with Gasteiger partial charge in [0, 0.05) is 83.4 Å². The highest BCUT2D eigenvalue weighted by Crippen LogP contribution is 2.46. The van der Waals surface area contributed by atoms with Crippen LogP contribution in [-0.4, -0.2) is 9.13 Å². The monoisotopic (exact) mass is 1540 g/mol. The second-order valence-electron chi connectivity index (χ2n) is 31.5. The largest absolute Gasteiger partial charge is 0.455 e. The van der Waals surface area contributed by atoms with Crippen LogP contribution in [0.5, 0.6) is 0 Å². The van der Waals surface area contributed by atoms with E-state index in [1.54, 1.807) is 0 Å². The first kappa shape index (κ1) is 70.3. The maximum atomic E-state index is 6.54. The fourth-order valence-corrected chi connectivity index (χ4v) is 18.7. The molecule has 23 rings (SSSR count). The van der Waals surface area contributed by atoms with E-state index in [0.29, 0.717) is 0 Å². The molecule has 5 heteroatoms. The second kappa shape index (κ2) is 29.6. The standard InChI is InChI=1S/C116H76N4O/c1-2-31-98-82(21-1)22-18-39-99(98)88-26-15-23-85(73-88)79-53-63-90(64-54-79)117(92-67-57-81(58-68-92)87-25-17-28-95(75-87)119-111-42-10-5-34-105(111)106-35-6-11-43-112(106)119)91-65-55-80(56-66-91)86-24-16-27-89(74-86)101-72-71-100(103-32-3-4-33-104(101)103)83-49-47-77(48-50-83)78-51-61-93(62-52-78)118(94-69-59-84(60-70-94)102-40-20-41-110-109-38-9-14-46-115(109)121-116(102)110)96-29-19-30-97(76-96)120-113-44-12-7-36-107(113)108-37-8-13-45-114(108)120/h1-76H. The molecule has 3 heterocycles. The molecule has 0 N–H and O–H groups in total. The summed E-state index contributed by atoms with van der Waals surface area (Å²) < 4.78 is 11.3. The highest BCUT2D eigenvalue weighted by Gasteiger charge is 2.22. The molecule has 0 spiro atoms. The number of hydrogen-bond donors (Lipinski definition) is 0. The topological polar surface area (TPSA) is 29.5 Å². The van der Waals surface area contributed by atoms with Crippen LogP contribution in [0.25, 0.3) is 187 Å². The summed E-state index contributed by atoms with van der Waals surface area (Å²) in [6, 6.07) is 168. The lowest BCUT2D eigenvalue weighted by Crippen LogP contribution is -2.10. The summed E-state index contributed by atoms with van der Waals surface area (Å²) in [5.41, 5.74) is 33.6. The van der Waals surface area contributed by atoms with Crippen molar-refractivity contribution >= 4 is 121 Å². The van der Waals surface area contributed by atoms with Crippen molar-refractivity contribution in [3.63, 3.8) is 0 Å². The highest BCUT2D eigenvalue weighted by atomic mass is 16.3. The van der Waals surface area contributed by atoms with Gasteiger partial charge in [-0.25, -0.2) is 0 Å². The Bertz CT molecular complexity index is 7810. The van der Waals surface area contributed by atoms with Gasteiger partial charge in [0.15, 0.2) is 0 Å². The minimum Gasteiger partial charge on any atom is -0.455 e. The molecule has 0 aliphatic heterocycles. The van der Waals surface area contributed by atoms with E-state index in [1.807, 2.05) is 12.1 Å². The third kappa shape index (κ3) is 12.5. The van der Waals surface area contributed by atoms with Crippen LogP contribution in [0.2, 0.25) is 0 Å². The van der Waals surface area contributed by atoms with Gasteiger partial charge >= 0.3 is 0 Å². The Kier molecular flexibility index (Phi) is 17.2. The fourth-order valence-electron chi connectivity index (χ4n) is 18.7. The van der Waals surface area contributed by atoms with Crippen LogP contribution >= 0.6 is 0 Å². The fraction of sp³-hybridized carbons (Fsp3) is 0. The summed E-state index contributed by atoms with van der Waals surface area (Å²) in [6.07, 6.45) is 0. The Balaban J connectivity index is 0.539. The van der Waals surface area contributed by atoms with Crippen molar-refractivity contribution in [1.82, 2.24) is 9.13 Å². The van der Waals surface area contributed by atoms with Gasteiger partial charge in [-0.1, -0.05) is 328 Å². The third-order valence-electron chi connectivity index (χ3n) is 24.5. The zero-order valence-electron chi connectivity index (χ0n) is 66.1. The normalized spacial score (nSPS) is 11.6. The second-order valence-corrected chi connectivity index (χ2v) is 31.5. The molecule has 3 aromatic heterocycles. The van der Waals surface area contributed by atoms with Crippen LogP contribution in [0.4, 0.5) is 34.1 Å². The summed E-state index contributed by atoms with van der Waals surface area (Å²) in [5, 5.41) is 12.1. The first-order chi connectivity index (χ1) is 60.0. The number of furan rings is 1. The number of aromatic nitrogens is 2. The predicted molar refractivity (Wildman–Crippen MR) is 510 cm³/mol. The number of hydrogen-bond acceptors (Lipinski definition) is 3. The smallest absolute Gasteiger partial charge is 0.143 e. The van der Waals surface area contributed by atoms with Gasteiger partial charge in [-0.15, -0.1) is 0 Å². The lowest BCUT2D eigenvalue weighted by atomic mass is 9.90. The van der Waals surface area contributed by atoms with E-state index in [1.165, 1.54) is 93.0 Å². The van der Waals surface area contributed by atoms with Gasteiger partial charge in [-0.3, -0.25) is 0 Å². The summed E-state index contributed by atoms with van der Waals surface area (Å²) in [7, 11) is 0. The van der Waals surface area contributed by atoms with E-state index < -0.39 is 0 Å². The molecular formula is C116H76N4O. The molecule has 20 aromatic carbocycles. The Morgan fingerprint density at radius 2 is 0.471 bits per heavy atom. The summed E-state index contributed by atoms with van der Waals surface area (Å²) in [4.78, 5) is 4.75. The van der Waals surface area contributed by atoms with Gasteiger partial charge in [0.25, 0.3) is 0 Å². The van der Waals surface area contributed by atoms with Crippen molar-refractivity contribution in [2.45, 2.75) is 0 Å². The van der Waals surface area contributed by atoms with Crippen LogP contribution in [0.3, 0.4) is 0 Å². The number of rotatable bonds is 16. The highest BCUT2D eigenvalue weighted by molar-refractivity contribution is 6.13. The van der Waals surface area contributed by atoms with Crippen molar-refractivity contribution < 1.29 is 4.42 Å². The summed E-state index contributed by atoms with van der Waals surface area (Å²) in [6.45, 7) is 0. The van der Waals surface area contributed by atoms with Gasteiger partial charge < -0.3 is 23.4 Å². The molecule has 0 unspecified atom stereocenters. The number of para-hydroxylation sites is 6. The van der Waals surface area contributed by atoms with Crippen molar-refractivity contribution in [3.05, 3.63) is 461 Å². The van der Waals surface area contributed by atoms with Crippen molar-refractivity contribution in [3.8, 4) is 100 Å². The molecule has 0 radical (unpaired) electrons. The van der Waals surface area contributed by atoms with Gasteiger partial charge in [0.05, 0.1) is 22.1 Å². The van der Waals surface area contributed by atoms with E-state index in [0.717, 1.165) is 129 Å². The number of fused-ring (bicyclic) bond motifs is 11. The molecule has 5 nitrogen and oxygen atoms in total. The summed E-state index contributed by atoms with van der Waals surface area (Å²) in [5.74, 6) is 0. The molecule has 0 atom stereocenters. The summed E-state index contributed by atoms with van der Waals surface area (Å²) >= 11 is 0. The van der Waals surface area contributed by atoms with E-state index in [-0.39, 0.29) is 0 Å². The Morgan fingerprint density at radius 1 is 0.165 bits per heavy atom. The number of anilines is 6. The number of benzene rings is 20. The molecule has 0 saturated carbocycles. The first-order valence-corrected chi connectivity index (χ1v) is 41.5. The molecule has 0 saturated heterocycles. The number of nitrogens with zero attached hydrogens (tertiary/aromatic N) is 4. The van der Waals surface area contributed by atoms with Crippen molar-refractivity contribution in [2.75, 3.05) is 9.80 Å². The molecule has 0 aliphatic carbocycles. The molecule has 23 aromatic rings. The first-order valence-electron chi connectivity index (χ1n) is 41.5. The third-order valence-corrected chi connectivity index (χ3v) is 24.5. The zero-order valence-corrected chi connectivity index (χ0v) is 66.1. The molecular weight excluding hydrogens is 1470 g/mol. The van der Waals surface area contributed by atoms with Crippen LogP contribution in [-0.2, 0) is 0 Å². The van der Waals surface area contributed by atoms with Crippen LogP contribution in [0.1, 0.15) is 0 Å². The van der Waals surface area contributed by atoms with Crippen molar-refractivity contribution in [2.24, 2.45) is 0 Å². The Morgan fingerprint density at radius 3 is 0.975 bits per heavy atom. The molecule has 121 heavy (non-hydrogen) atoms. The maximum Gasteiger partial charge on any atom is 0.143 e. The van der Waals surface area contributed by atoms with Gasteiger partial charge in [0.2, 0.25) is 0 Å². The van der Waals surface area contributed by atoms with Crippen molar-refractivity contribution in [1.29, 1.82) is 0 Å². The van der Waals surface area contributed by atoms with Crippen LogP contribution in [0, 0.1) is 0 Å². The van der Waals surface area contributed by atoms with Crippen LogP contribution < -0.4 is 9.80 Å². The Hall–Kier alpha value is -16.1. The Labute approximate surface area is 701 Å². The van der Waals surface area contributed by atoms with Gasteiger partial charge in [-0.2, -0.15) is 0 Å². The molecule has 0 amide bonds. The van der Waals surface area contributed by atoms with E-state index in [9.17, 15) is 0 Å². The maximum absolute atomic E-state index is 6.54. The molecule has 0 fully saturated rings. The lowest BCUT2D eigenvalue weighted by Gasteiger charge is -2.26. The zero-order chi connectivity index (χ0) is 79.9.